The molecule has 4 nitrogen and oxygen atoms in total. The standard InChI is InChI=1S/C9H10N2O2/c1-6(12)11-9(13)7-3-2-4-8(10)5-7/h2-5H,10H2,1H3,(H,11,12,13). The third-order valence-electron chi connectivity index (χ3n) is 1.44. The van der Waals surface area contributed by atoms with E-state index in [2.05, 4.69) is 5.32 Å². The van der Waals surface area contributed by atoms with Crippen molar-refractivity contribution in [3.05, 3.63) is 29.8 Å². The number of imide groups is 1. The number of rotatable bonds is 1. The topological polar surface area (TPSA) is 72.2 Å². The summed E-state index contributed by atoms with van der Waals surface area (Å²) in [6.45, 7) is 1.28. The van der Waals surface area contributed by atoms with Gasteiger partial charge in [-0.3, -0.25) is 14.9 Å². The van der Waals surface area contributed by atoms with Gasteiger partial charge in [-0.25, -0.2) is 0 Å². The van der Waals surface area contributed by atoms with Gasteiger partial charge in [0.25, 0.3) is 5.91 Å². The quantitative estimate of drug-likeness (QED) is 0.616. The second-order valence-corrected chi connectivity index (χ2v) is 2.64. The molecule has 1 rings (SSSR count). The van der Waals surface area contributed by atoms with E-state index < -0.39 is 5.91 Å². The number of hydrogen-bond acceptors (Lipinski definition) is 3. The van der Waals surface area contributed by atoms with Crippen LogP contribution in [0.3, 0.4) is 0 Å². The Labute approximate surface area is 75.7 Å². The van der Waals surface area contributed by atoms with Crippen LogP contribution in [0.15, 0.2) is 24.3 Å². The first-order chi connectivity index (χ1) is 6.09. The highest BCUT2D eigenvalue weighted by molar-refractivity contribution is 6.04. The number of anilines is 1. The van der Waals surface area contributed by atoms with Crippen molar-refractivity contribution in [3.8, 4) is 0 Å². The molecule has 68 valence electrons. The Hall–Kier alpha value is -1.84. The van der Waals surface area contributed by atoms with Crippen molar-refractivity contribution >= 4 is 17.5 Å². The maximum absolute atomic E-state index is 11.2. The smallest absolute Gasteiger partial charge is 0.257 e. The fourth-order valence-electron chi connectivity index (χ4n) is 0.912. The van der Waals surface area contributed by atoms with E-state index in [0.717, 1.165) is 0 Å². The zero-order valence-corrected chi connectivity index (χ0v) is 7.20. The molecule has 0 fully saturated rings. The van der Waals surface area contributed by atoms with Crippen molar-refractivity contribution in [1.82, 2.24) is 5.32 Å². The van der Waals surface area contributed by atoms with Gasteiger partial charge in [0.2, 0.25) is 5.91 Å². The normalized spacial score (nSPS) is 9.31. The summed E-state index contributed by atoms with van der Waals surface area (Å²) in [5, 5.41) is 2.15. The maximum Gasteiger partial charge on any atom is 0.257 e. The predicted octanol–water partition coefficient (Wildman–Crippen LogP) is 0.545. The Morgan fingerprint density at radius 3 is 2.62 bits per heavy atom. The Morgan fingerprint density at radius 2 is 2.08 bits per heavy atom. The Balaban J connectivity index is 2.83. The highest BCUT2D eigenvalue weighted by Crippen LogP contribution is 2.05. The summed E-state index contributed by atoms with van der Waals surface area (Å²) in [6, 6.07) is 6.43. The number of benzene rings is 1. The second kappa shape index (κ2) is 3.71. The molecule has 0 radical (unpaired) electrons. The van der Waals surface area contributed by atoms with Gasteiger partial charge in [-0.2, -0.15) is 0 Å². The number of carbonyl (C=O) groups is 2. The van der Waals surface area contributed by atoms with Crippen molar-refractivity contribution in [2.45, 2.75) is 6.92 Å². The number of amides is 2. The molecule has 2 amide bonds. The van der Waals surface area contributed by atoms with Gasteiger partial charge in [-0.1, -0.05) is 6.07 Å². The number of hydrogen-bond donors (Lipinski definition) is 2. The SMILES string of the molecule is CC(=O)NC(=O)c1cccc(N)c1. The van der Waals surface area contributed by atoms with Gasteiger partial charge in [0.05, 0.1) is 0 Å². The lowest BCUT2D eigenvalue weighted by Crippen LogP contribution is -2.27. The summed E-state index contributed by atoms with van der Waals surface area (Å²) >= 11 is 0. The number of carbonyl (C=O) groups excluding carboxylic acids is 2. The highest BCUT2D eigenvalue weighted by Gasteiger charge is 2.06. The minimum atomic E-state index is -0.431. The van der Waals surface area contributed by atoms with Crippen LogP contribution in [0.2, 0.25) is 0 Å². The van der Waals surface area contributed by atoms with E-state index in [1.54, 1.807) is 18.2 Å². The van der Waals surface area contributed by atoms with E-state index in [1.807, 2.05) is 0 Å². The van der Waals surface area contributed by atoms with E-state index >= 15 is 0 Å². The summed E-state index contributed by atoms with van der Waals surface area (Å²) in [4.78, 5) is 21.8. The van der Waals surface area contributed by atoms with E-state index in [9.17, 15) is 9.59 Å². The van der Waals surface area contributed by atoms with Crippen molar-refractivity contribution < 1.29 is 9.59 Å². The average Bonchev–Trinajstić information content (AvgIpc) is 2.03. The van der Waals surface area contributed by atoms with Gasteiger partial charge in [0.1, 0.15) is 0 Å². The summed E-state index contributed by atoms with van der Waals surface area (Å²) in [6.07, 6.45) is 0. The molecule has 13 heavy (non-hydrogen) atoms. The molecule has 0 spiro atoms. The molecular formula is C9H10N2O2. The van der Waals surface area contributed by atoms with Crippen LogP contribution in [0.25, 0.3) is 0 Å². The molecule has 0 aliphatic carbocycles. The van der Waals surface area contributed by atoms with Gasteiger partial charge < -0.3 is 5.73 Å². The Bertz CT molecular complexity index is 347. The molecule has 1 aromatic carbocycles. The van der Waals surface area contributed by atoms with Gasteiger partial charge in [0, 0.05) is 18.2 Å². The van der Waals surface area contributed by atoms with Crippen LogP contribution in [-0.4, -0.2) is 11.8 Å². The van der Waals surface area contributed by atoms with Crippen molar-refractivity contribution in [2.24, 2.45) is 0 Å². The first-order valence-corrected chi connectivity index (χ1v) is 3.77. The first-order valence-electron chi connectivity index (χ1n) is 3.77. The molecule has 0 aliphatic heterocycles. The third-order valence-corrected chi connectivity index (χ3v) is 1.44. The average molecular weight is 178 g/mol. The first kappa shape index (κ1) is 9.25. The Kier molecular flexibility index (Phi) is 2.64. The summed E-state index contributed by atoms with van der Waals surface area (Å²) in [5.41, 5.74) is 6.34. The monoisotopic (exact) mass is 178 g/mol. The highest BCUT2D eigenvalue weighted by atomic mass is 16.2. The zero-order chi connectivity index (χ0) is 9.84. The molecule has 0 heterocycles. The summed E-state index contributed by atoms with van der Waals surface area (Å²) in [7, 11) is 0. The van der Waals surface area contributed by atoms with Gasteiger partial charge in [-0.05, 0) is 18.2 Å². The number of nitrogens with one attached hydrogen (secondary N) is 1. The van der Waals surface area contributed by atoms with E-state index in [1.165, 1.54) is 13.0 Å². The van der Waals surface area contributed by atoms with E-state index in [4.69, 9.17) is 5.73 Å². The fraction of sp³-hybridized carbons (Fsp3) is 0.111. The summed E-state index contributed by atoms with van der Waals surface area (Å²) < 4.78 is 0. The van der Waals surface area contributed by atoms with Crippen LogP contribution < -0.4 is 11.1 Å². The maximum atomic E-state index is 11.2. The molecule has 0 unspecified atom stereocenters. The van der Waals surface area contributed by atoms with Crippen LogP contribution in [-0.2, 0) is 4.79 Å². The zero-order valence-electron chi connectivity index (χ0n) is 7.20. The lowest BCUT2D eigenvalue weighted by Gasteiger charge is -2.01. The molecule has 4 heteroatoms. The molecule has 0 saturated carbocycles. The van der Waals surface area contributed by atoms with E-state index in [0.29, 0.717) is 11.3 Å². The van der Waals surface area contributed by atoms with Crippen LogP contribution in [0, 0.1) is 0 Å². The van der Waals surface area contributed by atoms with Gasteiger partial charge in [0.15, 0.2) is 0 Å². The van der Waals surface area contributed by atoms with Crippen molar-refractivity contribution in [2.75, 3.05) is 5.73 Å². The molecule has 0 aromatic heterocycles. The van der Waals surface area contributed by atoms with Crippen LogP contribution >= 0.6 is 0 Å². The lowest BCUT2D eigenvalue weighted by molar-refractivity contribution is -0.118. The minimum Gasteiger partial charge on any atom is -0.399 e. The van der Waals surface area contributed by atoms with Crippen LogP contribution in [0.4, 0.5) is 5.69 Å². The fourth-order valence-corrected chi connectivity index (χ4v) is 0.912. The largest absolute Gasteiger partial charge is 0.399 e. The van der Waals surface area contributed by atoms with Crippen molar-refractivity contribution in [1.29, 1.82) is 0 Å². The van der Waals surface area contributed by atoms with Crippen molar-refractivity contribution in [3.63, 3.8) is 0 Å². The van der Waals surface area contributed by atoms with E-state index in [-0.39, 0.29) is 5.91 Å². The second-order valence-electron chi connectivity index (χ2n) is 2.64. The molecule has 0 bridgehead atoms. The third kappa shape index (κ3) is 2.59. The molecule has 0 saturated heterocycles. The number of nitrogen functional groups attached to an aromatic ring is 1. The molecule has 0 aliphatic rings. The molecule has 0 atom stereocenters. The predicted molar refractivity (Wildman–Crippen MR) is 49.0 cm³/mol. The van der Waals surface area contributed by atoms with Gasteiger partial charge in [-0.15, -0.1) is 0 Å². The number of nitrogens with two attached hydrogens (primary N) is 1. The summed E-state index contributed by atoms with van der Waals surface area (Å²) in [5.74, 6) is -0.813. The van der Waals surface area contributed by atoms with Crippen LogP contribution in [0.5, 0.6) is 0 Å². The van der Waals surface area contributed by atoms with Crippen LogP contribution in [0.1, 0.15) is 17.3 Å². The lowest BCUT2D eigenvalue weighted by atomic mass is 10.2. The van der Waals surface area contributed by atoms with Gasteiger partial charge >= 0.3 is 0 Å². The molecule has 1 aromatic rings. The minimum absolute atomic E-state index is 0.382. The molecular weight excluding hydrogens is 168 g/mol. The Morgan fingerprint density at radius 1 is 1.38 bits per heavy atom. The molecule has 3 N–H and O–H groups in total.